The molecular formula is C14H22N2O. The second-order valence-corrected chi connectivity index (χ2v) is 5.01. The van der Waals surface area contributed by atoms with Gasteiger partial charge in [-0.1, -0.05) is 6.92 Å². The molecule has 1 fully saturated rings. The zero-order chi connectivity index (χ0) is 12.3. The maximum atomic E-state index is 9.44. The van der Waals surface area contributed by atoms with E-state index in [0.717, 1.165) is 31.1 Å². The van der Waals surface area contributed by atoms with E-state index in [2.05, 4.69) is 22.9 Å². The molecule has 3 heteroatoms. The Hall–Kier alpha value is -1.09. The molecule has 0 radical (unpaired) electrons. The standard InChI is InChI=1S/C14H22N2O/c1-3-8-16(10-12-4-5-12)13-6-7-14(11(2)17)15-9-13/h6-7,9,11-12,17H,3-5,8,10H2,1-2H3. The normalized spacial score (nSPS) is 16.9. The monoisotopic (exact) mass is 234 g/mol. The predicted molar refractivity (Wildman–Crippen MR) is 70.1 cm³/mol. The average Bonchev–Trinajstić information content (AvgIpc) is 3.13. The molecule has 0 amide bonds. The van der Waals surface area contributed by atoms with E-state index in [1.807, 2.05) is 12.3 Å². The van der Waals surface area contributed by atoms with Gasteiger partial charge in [-0.05, 0) is 44.2 Å². The Labute approximate surface area is 103 Å². The summed E-state index contributed by atoms with van der Waals surface area (Å²) in [5.74, 6) is 0.887. The summed E-state index contributed by atoms with van der Waals surface area (Å²) in [7, 11) is 0. The van der Waals surface area contributed by atoms with Crippen LogP contribution in [0.3, 0.4) is 0 Å². The highest BCUT2D eigenvalue weighted by molar-refractivity contribution is 5.45. The summed E-state index contributed by atoms with van der Waals surface area (Å²) in [4.78, 5) is 6.73. The SMILES string of the molecule is CCCN(CC1CC1)c1ccc(C(C)O)nc1. The summed E-state index contributed by atoms with van der Waals surface area (Å²) in [5, 5.41) is 9.44. The highest BCUT2D eigenvalue weighted by Crippen LogP contribution is 2.31. The number of rotatable bonds is 6. The summed E-state index contributed by atoms with van der Waals surface area (Å²) in [6, 6.07) is 4.00. The molecule has 1 aromatic heterocycles. The molecule has 2 rings (SSSR count). The molecule has 1 unspecified atom stereocenters. The topological polar surface area (TPSA) is 36.4 Å². The first-order valence-electron chi connectivity index (χ1n) is 6.59. The van der Waals surface area contributed by atoms with Gasteiger partial charge in [-0.25, -0.2) is 0 Å². The van der Waals surface area contributed by atoms with Crippen molar-refractivity contribution in [3.63, 3.8) is 0 Å². The Morgan fingerprint density at radius 3 is 2.71 bits per heavy atom. The van der Waals surface area contributed by atoms with Crippen molar-refractivity contribution in [3.8, 4) is 0 Å². The Morgan fingerprint density at radius 2 is 2.24 bits per heavy atom. The molecule has 0 aromatic carbocycles. The predicted octanol–water partition coefficient (Wildman–Crippen LogP) is 2.76. The van der Waals surface area contributed by atoms with Gasteiger partial charge in [0.15, 0.2) is 0 Å². The van der Waals surface area contributed by atoms with Gasteiger partial charge in [0.2, 0.25) is 0 Å². The van der Waals surface area contributed by atoms with E-state index in [0.29, 0.717) is 0 Å². The van der Waals surface area contributed by atoms with Crippen LogP contribution in [0.25, 0.3) is 0 Å². The van der Waals surface area contributed by atoms with Crippen molar-refractivity contribution in [3.05, 3.63) is 24.0 Å². The third-order valence-corrected chi connectivity index (χ3v) is 3.23. The third kappa shape index (κ3) is 3.43. The van der Waals surface area contributed by atoms with Gasteiger partial charge in [0.25, 0.3) is 0 Å². The summed E-state index contributed by atoms with van der Waals surface area (Å²) in [5.41, 5.74) is 1.93. The molecule has 1 atom stereocenters. The van der Waals surface area contributed by atoms with Crippen molar-refractivity contribution in [2.45, 2.75) is 39.2 Å². The maximum Gasteiger partial charge on any atom is 0.0931 e. The van der Waals surface area contributed by atoms with Crippen LogP contribution in [0.15, 0.2) is 18.3 Å². The lowest BCUT2D eigenvalue weighted by Gasteiger charge is -2.24. The molecule has 0 bridgehead atoms. The number of pyridine rings is 1. The Kier molecular flexibility index (Phi) is 4.00. The number of hydrogen-bond acceptors (Lipinski definition) is 3. The lowest BCUT2D eigenvalue weighted by Crippen LogP contribution is -2.26. The number of anilines is 1. The van der Waals surface area contributed by atoms with Crippen molar-refractivity contribution in [2.24, 2.45) is 5.92 Å². The fourth-order valence-corrected chi connectivity index (χ4v) is 2.04. The first kappa shape index (κ1) is 12.4. The molecular weight excluding hydrogens is 212 g/mol. The van der Waals surface area contributed by atoms with Gasteiger partial charge in [0.1, 0.15) is 0 Å². The zero-order valence-corrected chi connectivity index (χ0v) is 10.8. The van der Waals surface area contributed by atoms with Gasteiger partial charge in [0.05, 0.1) is 23.7 Å². The number of aliphatic hydroxyl groups excluding tert-OH is 1. The number of aliphatic hydroxyl groups is 1. The minimum Gasteiger partial charge on any atom is -0.387 e. The zero-order valence-electron chi connectivity index (χ0n) is 10.8. The average molecular weight is 234 g/mol. The minimum atomic E-state index is -0.480. The van der Waals surface area contributed by atoms with Gasteiger partial charge in [0, 0.05) is 13.1 Å². The van der Waals surface area contributed by atoms with Crippen LogP contribution < -0.4 is 4.90 Å². The van der Waals surface area contributed by atoms with Crippen LogP contribution in [-0.4, -0.2) is 23.2 Å². The Morgan fingerprint density at radius 1 is 1.47 bits per heavy atom. The van der Waals surface area contributed by atoms with Crippen LogP contribution in [0.2, 0.25) is 0 Å². The first-order chi connectivity index (χ1) is 8.20. The molecule has 17 heavy (non-hydrogen) atoms. The fraction of sp³-hybridized carbons (Fsp3) is 0.643. The van der Waals surface area contributed by atoms with Gasteiger partial charge in [-0.15, -0.1) is 0 Å². The molecule has 0 saturated heterocycles. The van der Waals surface area contributed by atoms with E-state index >= 15 is 0 Å². The van der Waals surface area contributed by atoms with Crippen molar-refractivity contribution in [1.82, 2.24) is 4.98 Å². The third-order valence-electron chi connectivity index (χ3n) is 3.23. The quantitative estimate of drug-likeness (QED) is 0.822. The Bertz CT molecular complexity index is 344. The number of hydrogen-bond donors (Lipinski definition) is 1. The molecule has 3 nitrogen and oxygen atoms in total. The first-order valence-corrected chi connectivity index (χ1v) is 6.59. The molecule has 1 saturated carbocycles. The summed E-state index contributed by atoms with van der Waals surface area (Å²) < 4.78 is 0. The second-order valence-electron chi connectivity index (χ2n) is 5.01. The van der Waals surface area contributed by atoms with Crippen LogP contribution in [0.1, 0.15) is 44.9 Å². The van der Waals surface area contributed by atoms with Gasteiger partial charge < -0.3 is 10.0 Å². The Balaban J connectivity index is 2.05. The summed E-state index contributed by atoms with van der Waals surface area (Å²) in [6.45, 7) is 6.20. The van der Waals surface area contributed by atoms with Crippen molar-refractivity contribution in [1.29, 1.82) is 0 Å². The summed E-state index contributed by atoms with van der Waals surface area (Å²) >= 11 is 0. The van der Waals surface area contributed by atoms with E-state index in [1.54, 1.807) is 6.92 Å². The number of aromatic nitrogens is 1. The van der Waals surface area contributed by atoms with Gasteiger partial charge >= 0.3 is 0 Å². The molecule has 0 spiro atoms. The maximum absolute atomic E-state index is 9.44. The van der Waals surface area contributed by atoms with E-state index in [4.69, 9.17) is 0 Å². The van der Waals surface area contributed by atoms with Crippen molar-refractivity contribution >= 4 is 5.69 Å². The second kappa shape index (κ2) is 5.50. The molecule has 1 heterocycles. The van der Waals surface area contributed by atoms with Crippen LogP contribution >= 0.6 is 0 Å². The van der Waals surface area contributed by atoms with Gasteiger partial charge in [-0.3, -0.25) is 4.98 Å². The largest absolute Gasteiger partial charge is 0.387 e. The molecule has 1 N–H and O–H groups in total. The van der Waals surface area contributed by atoms with E-state index < -0.39 is 6.10 Å². The highest BCUT2D eigenvalue weighted by atomic mass is 16.3. The smallest absolute Gasteiger partial charge is 0.0931 e. The molecule has 94 valence electrons. The lowest BCUT2D eigenvalue weighted by atomic mass is 10.2. The van der Waals surface area contributed by atoms with Crippen molar-refractivity contribution in [2.75, 3.05) is 18.0 Å². The van der Waals surface area contributed by atoms with Crippen molar-refractivity contribution < 1.29 is 5.11 Å². The summed E-state index contributed by atoms with van der Waals surface area (Å²) in [6.07, 6.45) is 5.32. The van der Waals surface area contributed by atoms with E-state index in [9.17, 15) is 5.11 Å². The molecule has 1 aliphatic carbocycles. The lowest BCUT2D eigenvalue weighted by molar-refractivity contribution is 0.194. The minimum absolute atomic E-state index is 0.480. The van der Waals surface area contributed by atoms with Crippen LogP contribution in [0.4, 0.5) is 5.69 Å². The van der Waals surface area contributed by atoms with E-state index in [1.165, 1.54) is 18.5 Å². The highest BCUT2D eigenvalue weighted by Gasteiger charge is 2.24. The fourth-order valence-electron chi connectivity index (χ4n) is 2.04. The van der Waals surface area contributed by atoms with Crippen LogP contribution in [0.5, 0.6) is 0 Å². The molecule has 1 aromatic rings. The van der Waals surface area contributed by atoms with Crippen LogP contribution in [-0.2, 0) is 0 Å². The van der Waals surface area contributed by atoms with Gasteiger partial charge in [-0.2, -0.15) is 0 Å². The van der Waals surface area contributed by atoms with E-state index in [-0.39, 0.29) is 0 Å². The molecule has 1 aliphatic rings. The molecule has 0 aliphatic heterocycles. The van der Waals surface area contributed by atoms with Crippen LogP contribution in [0, 0.1) is 5.92 Å². The number of nitrogens with zero attached hydrogens (tertiary/aromatic N) is 2.